The van der Waals surface area contributed by atoms with Gasteiger partial charge in [0.15, 0.2) is 51.2 Å². The van der Waals surface area contributed by atoms with Crippen LogP contribution in [0.15, 0.2) is 197 Å². The molecule has 0 bridgehead atoms. The van der Waals surface area contributed by atoms with Gasteiger partial charge in [0.1, 0.15) is 70.2 Å². The molecule has 0 unspecified atom stereocenters. The van der Waals surface area contributed by atoms with Gasteiger partial charge in [0, 0.05) is 56.4 Å². The predicted octanol–water partition coefficient (Wildman–Crippen LogP) is 12.2. The second-order valence-electron chi connectivity index (χ2n) is 31.3. The van der Waals surface area contributed by atoms with E-state index in [9.17, 15) is 78.1 Å². The first-order valence-electron chi connectivity index (χ1n) is 40.5. The normalized spacial score (nSPS) is 17.1. The molecular formula is C87H108N16O22S4. The van der Waals surface area contributed by atoms with Crippen LogP contribution in [-0.4, -0.2) is 190 Å². The van der Waals surface area contributed by atoms with Crippen LogP contribution >= 0.6 is 0 Å². The Morgan fingerprint density at radius 1 is 0.434 bits per heavy atom. The summed E-state index contributed by atoms with van der Waals surface area (Å²) in [5.41, 5.74) is 3.09. The van der Waals surface area contributed by atoms with Gasteiger partial charge in [0.05, 0.1) is 91.2 Å². The number of carbonyl (C=O) groups is 5. The van der Waals surface area contributed by atoms with E-state index in [0.29, 0.717) is 54.0 Å². The number of amidine groups is 4. The third kappa shape index (κ3) is 24.4. The summed E-state index contributed by atoms with van der Waals surface area (Å²) in [5, 5.41) is 56.9. The average molecular weight is 1860 g/mol. The van der Waals surface area contributed by atoms with Gasteiger partial charge in [0.25, 0.3) is 63.7 Å². The molecule has 692 valence electrons. The number of carbonyl (C=O) groups excluding carboxylic acids is 5. The van der Waals surface area contributed by atoms with Gasteiger partial charge >= 0.3 is 5.97 Å². The van der Waals surface area contributed by atoms with Crippen LogP contribution in [0.2, 0.25) is 0 Å². The Hall–Kier alpha value is -13.6. The molecule has 4 amide bonds. The van der Waals surface area contributed by atoms with Crippen molar-refractivity contribution in [3.05, 3.63) is 233 Å². The molecular weight excluding hydrogens is 1750 g/mol. The van der Waals surface area contributed by atoms with Crippen molar-refractivity contribution in [3.8, 4) is 23.0 Å². The summed E-state index contributed by atoms with van der Waals surface area (Å²) in [7, 11) is -3.09. The van der Waals surface area contributed by atoms with Gasteiger partial charge in [-0.3, -0.25) is 58.0 Å². The predicted molar refractivity (Wildman–Crippen MR) is 489 cm³/mol. The van der Waals surface area contributed by atoms with E-state index in [1.807, 2.05) is 73.6 Å². The van der Waals surface area contributed by atoms with Crippen molar-refractivity contribution in [2.24, 2.45) is 25.9 Å². The number of para-hydroxylation sites is 4. The van der Waals surface area contributed by atoms with Crippen LogP contribution in [0.1, 0.15) is 198 Å². The molecule has 0 radical (unpaired) electrons. The number of hydrogen-bond donors (Lipinski definition) is 12. The SMILES string of the molecule is CCOC(=O)C1=C(Nc2cccc(C(=O)N(C)C)c2O)C(=N[C@H](CC)c2ccc(C)o2)NS1(=O)=O.CC[C@@H](N=C1NS(=O)(=O)C=C1Nc1cccc(C(=O)N(C)C)c1O)c1cc(C(C)C)co1.CC[C@@H](N=C1NS(=O)(=O)C=C1Nc1cccc(C(=O)N(C)C)c1O)c1ccc(C)o1.Cc1cc([C@H](N=C2NS(=O)(=O)C=C2Nc2cccc(C(=O)N(C)C)c2O)C(C)C)oc1C. The van der Waals surface area contributed by atoms with E-state index in [2.05, 4.69) is 74.0 Å². The number of esters is 1. The lowest BCUT2D eigenvalue weighted by molar-refractivity contribution is -0.137. The van der Waals surface area contributed by atoms with Crippen molar-refractivity contribution in [3.63, 3.8) is 0 Å². The summed E-state index contributed by atoms with van der Waals surface area (Å²) in [5.74, 6) is 1.08. The Kier molecular flexibility index (Phi) is 31.9. The zero-order valence-electron chi connectivity index (χ0n) is 74.8. The molecule has 4 atom stereocenters. The second kappa shape index (κ2) is 41.4. The van der Waals surface area contributed by atoms with Crippen molar-refractivity contribution in [2.45, 2.75) is 132 Å². The third-order valence-electron chi connectivity index (χ3n) is 19.7. The first-order valence-corrected chi connectivity index (χ1v) is 46.7. The number of aromatic hydroxyl groups is 4. The molecule has 8 aromatic rings. The lowest BCUT2D eigenvalue weighted by Gasteiger charge is -2.17. The van der Waals surface area contributed by atoms with Crippen LogP contribution < -0.4 is 40.2 Å². The minimum Gasteiger partial charge on any atom is -0.505 e. The number of furan rings is 4. The van der Waals surface area contributed by atoms with Gasteiger partial charge in [-0.1, -0.05) is 72.7 Å². The number of aryl methyl sites for hydroxylation is 4. The highest BCUT2D eigenvalue weighted by Crippen LogP contribution is 2.39. The molecule has 0 fully saturated rings. The molecule has 0 spiro atoms. The number of sulfonamides is 4. The maximum absolute atomic E-state index is 12.9. The topological polar surface area (TPSA) is 523 Å². The molecule has 12 N–H and O–H groups in total. The summed E-state index contributed by atoms with van der Waals surface area (Å²) in [4.78, 5) is 84.8. The van der Waals surface area contributed by atoms with E-state index < -0.39 is 86.8 Å². The number of amides is 4. The number of phenolic OH excluding ortho intramolecular Hbond substituents is 4. The number of benzene rings is 4. The van der Waals surface area contributed by atoms with Crippen molar-refractivity contribution in [1.29, 1.82) is 0 Å². The Bertz CT molecular complexity index is 6320. The van der Waals surface area contributed by atoms with Crippen molar-refractivity contribution in [2.75, 3.05) is 84.3 Å². The number of aliphatic imine (C=N–C) groups is 4. The smallest absolute Gasteiger partial charge is 0.354 e. The molecule has 129 heavy (non-hydrogen) atoms. The van der Waals surface area contributed by atoms with E-state index in [1.165, 1.54) is 70.1 Å². The Labute approximate surface area is 749 Å². The Morgan fingerprint density at radius 3 is 1.09 bits per heavy atom. The Morgan fingerprint density at radius 2 is 0.783 bits per heavy atom. The zero-order chi connectivity index (χ0) is 95.4. The van der Waals surface area contributed by atoms with Gasteiger partial charge in [-0.05, 0) is 162 Å². The van der Waals surface area contributed by atoms with Gasteiger partial charge in [-0.15, -0.1) is 0 Å². The number of anilines is 4. The van der Waals surface area contributed by atoms with Crippen LogP contribution in [0.5, 0.6) is 23.0 Å². The maximum Gasteiger partial charge on any atom is 0.354 e. The molecule has 12 rings (SSSR count). The number of ether oxygens (including phenoxy) is 1. The number of rotatable bonds is 27. The molecule has 8 heterocycles. The van der Waals surface area contributed by atoms with Crippen molar-refractivity contribution < 1.29 is 100 Å². The average Bonchev–Trinajstić information content (AvgIpc) is 1.61. The fourth-order valence-electron chi connectivity index (χ4n) is 12.8. The largest absolute Gasteiger partial charge is 0.505 e. The van der Waals surface area contributed by atoms with E-state index in [1.54, 1.807) is 117 Å². The van der Waals surface area contributed by atoms with E-state index in [-0.39, 0.29) is 139 Å². The van der Waals surface area contributed by atoms with Crippen LogP contribution in [0.4, 0.5) is 22.7 Å². The van der Waals surface area contributed by atoms with Gasteiger partial charge in [0.2, 0.25) is 0 Å². The first kappa shape index (κ1) is 99.2. The molecule has 38 nitrogen and oxygen atoms in total. The number of hydrogen-bond acceptors (Lipinski definition) is 30. The molecule has 4 aliphatic heterocycles. The quantitative estimate of drug-likeness (QED) is 0.0168. The van der Waals surface area contributed by atoms with Gasteiger partial charge in [-0.25, -0.2) is 38.5 Å². The minimum atomic E-state index is -4.34. The Balaban J connectivity index is 0.000000194. The maximum atomic E-state index is 12.9. The third-order valence-corrected chi connectivity index (χ3v) is 24.1. The first-order chi connectivity index (χ1) is 60.5. The van der Waals surface area contributed by atoms with E-state index >= 15 is 0 Å². The molecule has 4 aromatic carbocycles. The van der Waals surface area contributed by atoms with Crippen LogP contribution in [-0.2, 0) is 49.6 Å². The summed E-state index contributed by atoms with van der Waals surface area (Å²) < 4.78 is 136. The van der Waals surface area contributed by atoms with Gasteiger partial charge in [-0.2, -0.15) is 0 Å². The lowest BCUT2D eigenvalue weighted by Crippen LogP contribution is -2.27. The fraction of sp³-hybridized carbons (Fsp3) is 0.345. The van der Waals surface area contributed by atoms with Crippen molar-refractivity contribution >= 4 is 116 Å². The van der Waals surface area contributed by atoms with Crippen molar-refractivity contribution in [1.82, 2.24) is 38.5 Å². The number of nitrogens with zero attached hydrogens (tertiary/aromatic N) is 8. The lowest BCUT2D eigenvalue weighted by atomic mass is 10.0. The summed E-state index contributed by atoms with van der Waals surface area (Å²) in [6.07, 6.45) is 3.32. The summed E-state index contributed by atoms with van der Waals surface area (Å²) >= 11 is 0. The molecule has 0 aliphatic carbocycles. The highest BCUT2D eigenvalue weighted by molar-refractivity contribution is 7.95. The molecule has 42 heteroatoms. The molecule has 0 saturated heterocycles. The zero-order valence-corrected chi connectivity index (χ0v) is 78.1. The fourth-order valence-corrected chi connectivity index (χ4v) is 16.9. The number of phenols is 4. The summed E-state index contributed by atoms with van der Waals surface area (Å²) in [6.45, 7) is 22.6. The minimum absolute atomic E-state index is 0.00277. The molecule has 4 aromatic heterocycles. The highest BCUT2D eigenvalue weighted by atomic mass is 32.2. The van der Waals surface area contributed by atoms with Crippen LogP contribution in [0, 0.1) is 33.6 Å². The standard InChI is InChI=1S/C23H28N4O7S.2C22H28N4O5S.C20H24N4O5S/c1-6-15(17-12-11-13(3)34-17)25-21-18(20(23(30)33-7-2)35(31,32)26-21)24-16-10-8-9-14(19(16)28)22(29)27(4)5;1-12(2)19(18-10-13(3)14(4)31-18)24-21-17(11-32(29,30)25-21)23-16-9-7-8-15(20(16)27)22(28)26(5)6;1-6-16(19-10-14(11-31-19)13(2)3)24-21-18(12-32(29,30)25-21)23-17-9-7-8-15(20(17)27)22(28)26(4)5;1-5-14(17-10-9-12(2)29-17)22-19-16(11-30(27,28)23-19)21-15-8-6-7-13(18(15)25)20(26)24(3)4/h8-12,15,24,28H,6-7H2,1-5H3,(H,25,26);7-12,19,23,27H,1-6H3,(H,24,25);7-13,16,23,27H,6H2,1-5H3,(H,24,25);6-11,14,21,25H,5H2,1-4H3,(H,22,23)/t15-;19-;16-;14-/m1111/s1. The second-order valence-corrected chi connectivity index (χ2v) is 37.5. The molecule has 4 aliphatic rings. The summed E-state index contributed by atoms with van der Waals surface area (Å²) in [6, 6.07) is 27.4. The van der Waals surface area contributed by atoms with Gasteiger partial charge < -0.3 is 83.7 Å². The highest BCUT2D eigenvalue weighted by Gasteiger charge is 2.42. The monoisotopic (exact) mass is 1860 g/mol. The number of nitrogens with one attached hydrogen (secondary N) is 8. The van der Waals surface area contributed by atoms with Crippen LogP contribution in [0.3, 0.4) is 0 Å². The van der Waals surface area contributed by atoms with Crippen LogP contribution in [0.25, 0.3) is 0 Å². The molecule has 0 saturated carbocycles. The van der Waals surface area contributed by atoms with E-state index in [4.69, 9.17) is 22.4 Å². The van der Waals surface area contributed by atoms with E-state index in [0.717, 1.165) is 38.9 Å².